The molecule has 12 nitrogen and oxygen atoms in total. The fourth-order valence-corrected chi connectivity index (χ4v) is 4.55. The highest BCUT2D eigenvalue weighted by Gasteiger charge is 2.21. The number of halogens is 2. The molecule has 3 rings (SSSR count). The van der Waals surface area contributed by atoms with E-state index in [-0.39, 0.29) is 34.2 Å². The van der Waals surface area contributed by atoms with E-state index in [4.69, 9.17) is 23.7 Å². The van der Waals surface area contributed by atoms with Gasteiger partial charge in [-0.1, -0.05) is 28.1 Å². The Morgan fingerprint density at radius 1 is 0.974 bits per heavy atom. The first kappa shape index (κ1) is 29.4. The number of esters is 1. The van der Waals surface area contributed by atoms with Gasteiger partial charge in [0.2, 0.25) is 5.75 Å². The van der Waals surface area contributed by atoms with Gasteiger partial charge in [-0.3, -0.25) is 14.9 Å². The maximum absolute atomic E-state index is 13.0. The lowest BCUT2D eigenvalue weighted by atomic mass is 10.1. The van der Waals surface area contributed by atoms with Crippen molar-refractivity contribution in [3.05, 3.63) is 78.7 Å². The number of ether oxygens (including phenoxy) is 5. The molecule has 0 atom stereocenters. The van der Waals surface area contributed by atoms with E-state index in [9.17, 15) is 19.7 Å². The number of benzene rings is 3. The van der Waals surface area contributed by atoms with Crippen molar-refractivity contribution in [2.75, 3.05) is 27.9 Å². The van der Waals surface area contributed by atoms with Crippen LogP contribution >= 0.6 is 31.9 Å². The van der Waals surface area contributed by atoms with Crippen molar-refractivity contribution in [1.82, 2.24) is 5.43 Å². The lowest BCUT2D eigenvalue weighted by molar-refractivity contribution is -0.385. The van der Waals surface area contributed by atoms with Gasteiger partial charge in [0.25, 0.3) is 5.91 Å². The Kier molecular flexibility index (Phi) is 10.2. The molecule has 0 radical (unpaired) electrons. The van der Waals surface area contributed by atoms with E-state index in [1.165, 1.54) is 57.9 Å². The van der Waals surface area contributed by atoms with Gasteiger partial charge in [-0.05, 0) is 46.3 Å². The zero-order chi connectivity index (χ0) is 28.5. The Morgan fingerprint density at radius 3 is 2.26 bits per heavy atom. The van der Waals surface area contributed by atoms with Gasteiger partial charge >= 0.3 is 11.7 Å². The quantitative estimate of drug-likeness (QED) is 0.0992. The Bertz CT molecular complexity index is 1400. The van der Waals surface area contributed by atoms with E-state index in [1.807, 2.05) is 0 Å². The number of carbonyl (C=O) groups excluding carboxylic acids is 2. The summed E-state index contributed by atoms with van der Waals surface area (Å²) in [5.74, 6) is -0.485. The number of methoxy groups -OCH3 is 3. The van der Waals surface area contributed by atoms with Crippen LogP contribution in [0.25, 0.3) is 0 Å². The van der Waals surface area contributed by atoms with E-state index < -0.39 is 23.4 Å². The maximum atomic E-state index is 13.0. The Hall–Kier alpha value is -4.17. The van der Waals surface area contributed by atoms with Crippen molar-refractivity contribution in [1.29, 1.82) is 0 Å². The van der Waals surface area contributed by atoms with Gasteiger partial charge in [0.05, 0.1) is 42.5 Å². The van der Waals surface area contributed by atoms with Gasteiger partial charge in [-0.25, -0.2) is 10.2 Å². The summed E-state index contributed by atoms with van der Waals surface area (Å²) in [6, 6.07) is 11.8. The van der Waals surface area contributed by atoms with Gasteiger partial charge in [0.1, 0.15) is 0 Å². The molecule has 0 saturated carbocycles. The summed E-state index contributed by atoms with van der Waals surface area (Å²) >= 11 is 6.73. The minimum atomic E-state index is -0.728. The molecule has 0 aliphatic heterocycles. The number of nitro benzene ring substituents is 1. The summed E-state index contributed by atoms with van der Waals surface area (Å²) in [5, 5.41) is 15.0. The van der Waals surface area contributed by atoms with Gasteiger partial charge in [-0.15, -0.1) is 0 Å². The van der Waals surface area contributed by atoms with Crippen molar-refractivity contribution < 1.29 is 38.2 Å². The number of hydrazone groups is 1. The summed E-state index contributed by atoms with van der Waals surface area (Å²) in [6.45, 7) is -0.520. The summed E-state index contributed by atoms with van der Waals surface area (Å²) in [6.07, 6.45) is 1.26. The Morgan fingerprint density at radius 2 is 1.64 bits per heavy atom. The first-order valence-electron chi connectivity index (χ1n) is 10.9. The van der Waals surface area contributed by atoms with Crippen LogP contribution < -0.4 is 29.1 Å². The van der Waals surface area contributed by atoms with Gasteiger partial charge < -0.3 is 23.7 Å². The van der Waals surface area contributed by atoms with Crippen LogP contribution in [-0.4, -0.2) is 51.0 Å². The summed E-state index contributed by atoms with van der Waals surface area (Å²) in [5.41, 5.74) is 2.45. The van der Waals surface area contributed by atoms with Crippen LogP contribution in [0.4, 0.5) is 5.69 Å². The number of nitrogens with one attached hydrogen (secondary N) is 1. The van der Waals surface area contributed by atoms with E-state index in [2.05, 4.69) is 42.4 Å². The van der Waals surface area contributed by atoms with Gasteiger partial charge in [0, 0.05) is 16.1 Å². The molecule has 1 amide bonds. The van der Waals surface area contributed by atoms with Crippen LogP contribution in [0.2, 0.25) is 0 Å². The minimum Gasteiger partial charge on any atom is -0.493 e. The van der Waals surface area contributed by atoms with Gasteiger partial charge in [-0.2, -0.15) is 5.10 Å². The molecule has 39 heavy (non-hydrogen) atoms. The molecular weight excluding hydrogens is 646 g/mol. The second-order valence-electron chi connectivity index (χ2n) is 7.42. The zero-order valence-corrected chi connectivity index (χ0v) is 23.9. The van der Waals surface area contributed by atoms with Crippen molar-refractivity contribution >= 4 is 55.6 Å². The van der Waals surface area contributed by atoms with E-state index in [0.717, 1.165) is 0 Å². The molecule has 0 fully saturated rings. The van der Waals surface area contributed by atoms with Crippen molar-refractivity contribution in [3.8, 4) is 28.7 Å². The SMILES string of the molecule is COc1cc(C(=O)Oc2c(Br)cc(Br)cc2/C=N\NC(=O)COc2ccccc2[N+](=O)[O-])cc(OC)c1OC. The van der Waals surface area contributed by atoms with Crippen molar-refractivity contribution in [2.24, 2.45) is 5.10 Å². The number of hydrogen-bond donors (Lipinski definition) is 1. The molecule has 0 aromatic heterocycles. The first-order valence-corrected chi connectivity index (χ1v) is 12.5. The molecule has 0 heterocycles. The zero-order valence-electron chi connectivity index (χ0n) is 20.7. The third-order valence-corrected chi connectivity index (χ3v) is 5.99. The molecule has 0 spiro atoms. The molecule has 3 aromatic rings. The smallest absolute Gasteiger partial charge is 0.343 e. The van der Waals surface area contributed by atoms with Crippen LogP contribution in [0.3, 0.4) is 0 Å². The molecule has 0 unspecified atom stereocenters. The molecule has 0 aliphatic carbocycles. The number of nitro groups is 1. The number of hydrogen-bond acceptors (Lipinski definition) is 10. The molecule has 14 heteroatoms. The molecule has 3 aromatic carbocycles. The minimum absolute atomic E-state index is 0.0569. The van der Waals surface area contributed by atoms with Crippen molar-refractivity contribution in [3.63, 3.8) is 0 Å². The number of carbonyl (C=O) groups is 2. The predicted molar refractivity (Wildman–Crippen MR) is 147 cm³/mol. The molecule has 0 aliphatic rings. The molecule has 204 valence electrons. The normalized spacial score (nSPS) is 10.6. The lowest BCUT2D eigenvalue weighted by Crippen LogP contribution is -2.24. The van der Waals surface area contributed by atoms with Crippen LogP contribution in [-0.2, 0) is 4.79 Å². The number of amides is 1. The van der Waals surface area contributed by atoms with E-state index in [0.29, 0.717) is 20.3 Å². The second kappa shape index (κ2) is 13.6. The van der Waals surface area contributed by atoms with Crippen LogP contribution in [0.5, 0.6) is 28.7 Å². The van der Waals surface area contributed by atoms with E-state index >= 15 is 0 Å². The number of nitrogens with zero attached hydrogens (tertiary/aromatic N) is 2. The summed E-state index contributed by atoms with van der Waals surface area (Å²) < 4.78 is 27.8. The highest BCUT2D eigenvalue weighted by atomic mass is 79.9. The highest BCUT2D eigenvalue weighted by Crippen LogP contribution is 2.39. The van der Waals surface area contributed by atoms with Crippen LogP contribution in [0.1, 0.15) is 15.9 Å². The summed E-state index contributed by atoms with van der Waals surface area (Å²) in [7, 11) is 4.29. The maximum Gasteiger partial charge on any atom is 0.343 e. The Labute approximate surface area is 239 Å². The third-order valence-electron chi connectivity index (χ3n) is 4.95. The molecule has 1 N–H and O–H groups in total. The van der Waals surface area contributed by atoms with Crippen LogP contribution in [0.15, 0.2) is 62.6 Å². The largest absolute Gasteiger partial charge is 0.493 e. The topological polar surface area (TPSA) is 148 Å². The first-order chi connectivity index (χ1) is 18.7. The standard InChI is InChI=1S/C25H21Br2N3O9/c1-35-20-9-14(10-21(36-2)24(20)37-3)25(32)39-23-15(8-16(26)11-17(23)27)12-28-29-22(31)13-38-19-7-5-4-6-18(19)30(33)34/h4-12H,13H2,1-3H3,(H,29,31)/b28-12-. The fourth-order valence-electron chi connectivity index (χ4n) is 3.21. The predicted octanol–water partition coefficient (Wildman–Crippen LogP) is 4.89. The van der Waals surface area contributed by atoms with E-state index in [1.54, 1.807) is 18.2 Å². The molecular formula is C25H21Br2N3O9. The highest BCUT2D eigenvalue weighted by molar-refractivity contribution is 9.11. The van der Waals surface area contributed by atoms with Gasteiger partial charge in [0.15, 0.2) is 29.6 Å². The fraction of sp³-hybridized carbons (Fsp3) is 0.160. The average molecular weight is 667 g/mol. The summed E-state index contributed by atoms with van der Waals surface area (Å²) in [4.78, 5) is 35.7. The molecule has 0 saturated heterocycles. The third kappa shape index (κ3) is 7.45. The Balaban J connectivity index is 1.76. The second-order valence-corrected chi connectivity index (χ2v) is 9.19. The lowest BCUT2D eigenvalue weighted by Gasteiger charge is -2.15. The van der Waals surface area contributed by atoms with Crippen LogP contribution in [0, 0.1) is 10.1 Å². The van der Waals surface area contributed by atoms with Crippen molar-refractivity contribution in [2.45, 2.75) is 0 Å². The molecule has 0 bridgehead atoms. The number of rotatable bonds is 11. The average Bonchev–Trinajstić information content (AvgIpc) is 2.92. The monoisotopic (exact) mass is 665 g/mol. The number of para-hydroxylation sites is 2.